The lowest BCUT2D eigenvalue weighted by molar-refractivity contribution is -0.139. The van der Waals surface area contributed by atoms with Gasteiger partial charge in [0.2, 0.25) is 0 Å². The molecule has 2 heterocycles. The molecule has 2 aliphatic rings. The van der Waals surface area contributed by atoms with Crippen molar-refractivity contribution < 1.29 is 24.5 Å². The summed E-state index contributed by atoms with van der Waals surface area (Å²) >= 11 is 0. The van der Waals surface area contributed by atoms with Gasteiger partial charge < -0.3 is 19.7 Å². The van der Waals surface area contributed by atoms with Crippen molar-refractivity contribution in [1.29, 1.82) is 0 Å². The Labute approximate surface area is 259 Å². The SMILES string of the molecule is CCCCCCCCCCCC[C@@H](O)[C@H]1CC[C@H]([C@H](O)CCCCCCCCCCCCCCC2=C[C@@H](C)OC2=O)O1. The molecule has 0 amide bonds. The Hall–Kier alpha value is -0.910. The summed E-state index contributed by atoms with van der Waals surface area (Å²) in [5, 5.41) is 21.2. The minimum absolute atomic E-state index is 0.0387. The number of carbonyl (C=O) groups is 1. The molecule has 0 saturated carbocycles. The summed E-state index contributed by atoms with van der Waals surface area (Å²) in [6, 6.07) is 0. The minimum Gasteiger partial charge on any atom is -0.455 e. The normalized spacial score (nSPS) is 22.0. The maximum Gasteiger partial charge on any atom is 0.334 e. The lowest BCUT2D eigenvalue weighted by Gasteiger charge is -2.22. The van der Waals surface area contributed by atoms with Gasteiger partial charge in [0.1, 0.15) is 6.10 Å². The quantitative estimate of drug-likeness (QED) is 0.0698. The number of ether oxygens (including phenoxy) is 2. The molecule has 0 aromatic heterocycles. The van der Waals surface area contributed by atoms with Gasteiger partial charge in [0.25, 0.3) is 0 Å². The van der Waals surface area contributed by atoms with E-state index in [1.165, 1.54) is 122 Å². The highest BCUT2D eigenvalue weighted by atomic mass is 16.5. The molecule has 0 spiro atoms. The first kappa shape index (κ1) is 37.3. The van der Waals surface area contributed by atoms with Crippen LogP contribution in [0.25, 0.3) is 0 Å². The van der Waals surface area contributed by atoms with Crippen LogP contribution in [0.15, 0.2) is 11.6 Å². The van der Waals surface area contributed by atoms with E-state index < -0.39 is 0 Å². The van der Waals surface area contributed by atoms with Crippen molar-refractivity contribution in [3.8, 4) is 0 Å². The summed E-state index contributed by atoms with van der Waals surface area (Å²) in [7, 11) is 0. The van der Waals surface area contributed by atoms with Gasteiger partial charge in [0, 0.05) is 5.57 Å². The van der Waals surface area contributed by atoms with Gasteiger partial charge in [-0.3, -0.25) is 0 Å². The number of aliphatic hydroxyl groups is 2. The van der Waals surface area contributed by atoms with Crippen LogP contribution >= 0.6 is 0 Å². The van der Waals surface area contributed by atoms with Crippen LogP contribution in [-0.2, 0) is 14.3 Å². The van der Waals surface area contributed by atoms with E-state index >= 15 is 0 Å². The second kappa shape index (κ2) is 24.4. The van der Waals surface area contributed by atoms with E-state index in [0.717, 1.165) is 56.9 Å². The average molecular weight is 593 g/mol. The van der Waals surface area contributed by atoms with Crippen LogP contribution in [0.2, 0.25) is 0 Å². The summed E-state index contributed by atoms with van der Waals surface area (Å²) in [5.74, 6) is -0.111. The van der Waals surface area contributed by atoms with Crippen LogP contribution in [0, 0.1) is 0 Å². The van der Waals surface area contributed by atoms with E-state index in [1.807, 2.05) is 13.0 Å². The molecule has 1 saturated heterocycles. The number of hydrogen-bond donors (Lipinski definition) is 2. The molecule has 2 aliphatic heterocycles. The third kappa shape index (κ3) is 17.4. The zero-order valence-corrected chi connectivity index (χ0v) is 27.7. The fourth-order valence-corrected chi connectivity index (χ4v) is 6.72. The van der Waals surface area contributed by atoms with Gasteiger partial charge in [0.05, 0.1) is 24.4 Å². The number of hydrogen-bond acceptors (Lipinski definition) is 5. The Morgan fingerprint density at radius 3 is 1.40 bits per heavy atom. The summed E-state index contributed by atoms with van der Waals surface area (Å²) in [6.45, 7) is 4.19. The van der Waals surface area contributed by atoms with E-state index in [4.69, 9.17) is 9.47 Å². The first-order chi connectivity index (χ1) is 20.5. The number of cyclic esters (lactones) is 1. The molecule has 2 rings (SSSR count). The molecule has 0 radical (unpaired) electrons. The van der Waals surface area contributed by atoms with Gasteiger partial charge in [-0.25, -0.2) is 4.79 Å². The first-order valence-corrected chi connectivity index (χ1v) is 18.4. The van der Waals surface area contributed by atoms with Gasteiger partial charge in [-0.05, 0) is 51.5 Å². The summed E-state index contributed by atoms with van der Waals surface area (Å²) in [5.41, 5.74) is 0.877. The Bertz CT molecular complexity index is 692. The van der Waals surface area contributed by atoms with Crippen molar-refractivity contribution in [2.45, 2.75) is 218 Å². The number of unbranched alkanes of at least 4 members (excludes halogenated alkanes) is 20. The molecule has 42 heavy (non-hydrogen) atoms. The molecule has 0 aromatic rings. The smallest absolute Gasteiger partial charge is 0.334 e. The molecule has 0 aromatic carbocycles. The average Bonchev–Trinajstić information content (AvgIpc) is 3.60. The number of aliphatic hydroxyl groups excluding tert-OH is 2. The fourth-order valence-electron chi connectivity index (χ4n) is 6.72. The number of carbonyl (C=O) groups excluding carboxylic acids is 1. The van der Waals surface area contributed by atoms with Crippen molar-refractivity contribution in [1.82, 2.24) is 0 Å². The molecule has 5 nitrogen and oxygen atoms in total. The van der Waals surface area contributed by atoms with Gasteiger partial charge in [-0.2, -0.15) is 0 Å². The molecule has 5 heteroatoms. The second-order valence-corrected chi connectivity index (χ2v) is 13.5. The molecular weight excluding hydrogens is 524 g/mol. The third-order valence-electron chi connectivity index (χ3n) is 9.48. The largest absolute Gasteiger partial charge is 0.455 e. The fraction of sp³-hybridized carbons (Fsp3) is 0.919. The molecule has 1 fully saturated rings. The predicted octanol–water partition coefficient (Wildman–Crippen LogP) is 9.90. The highest BCUT2D eigenvalue weighted by molar-refractivity contribution is 5.90. The Balaban J connectivity index is 1.32. The van der Waals surface area contributed by atoms with Crippen molar-refractivity contribution in [2.24, 2.45) is 0 Å². The lowest BCUT2D eigenvalue weighted by atomic mass is 10.00. The molecular formula is C37H68O5. The molecule has 0 unspecified atom stereocenters. The zero-order valence-electron chi connectivity index (χ0n) is 27.7. The standard InChI is InChI=1S/C37H68O5/c1-3-4-5-6-7-8-14-17-20-23-26-33(38)35-28-29-36(42-35)34(39)27-24-21-18-15-12-10-9-11-13-16-19-22-25-32-30-31(2)41-37(32)40/h30-31,33-36,38-39H,3-29H2,1-2H3/t31-,33-,34-,35-,36-/m1/s1. The van der Waals surface area contributed by atoms with Crippen LogP contribution in [-0.4, -0.2) is 46.7 Å². The number of rotatable bonds is 28. The van der Waals surface area contributed by atoms with E-state index in [-0.39, 0.29) is 36.5 Å². The highest BCUT2D eigenvalue weighted by Gasteiger charge is 2.34. The minimum atomic E-state index is -0.383. The molecule has 0 bridgehead atoms. The summed E-state index contributed by atoms with van der Waals surface area (Å²) in [6.07, 6.45) is 33.4. The lowest BCUT2D eigenvalue weighted by Crippen LogP contribution is -2.31. The monoisotopic (exact) mass is 593 g/mol. The van der Waals surface area contributed by atoms with Crippen LogP contribution in [0.3, 0.4) is 0 Å². The summed E-state index contributed by atoms with van der Waals surface area (Å²) in [4.78, 5) is 11.6. The van der Waals surface area contributed by atoms with Crippen LogP contribution < -0.4 is 0 Å². The molecule has 5 atom stereocenters. The summed E-state index contributed by atoms with van der Waals surface area (Å²) < 4.78 is 11.3. The maximum absolute atomic E-state index is 11.6. The van der Waals surface area contributed by atoms with E-state index in [9.17, 15) is 15.0 Å². The van der Waals surface area contributed by atoms with Crippen LogP contribution in [0.5, 0.6) is 0 Å². The van der Waals surface area contributed by atoms with E-state index in [1.54, 1.807) is 0 Å². The second-order valence-electron chi connectivity index (χ2n) is 13.5. The van der Waals surface area contributed by atoms with Crippen LogP contribution in [0.4, 0.5) is 0 Å². The van der Waals surface area contributed by atoms with Gasteiger partial charge in [-0.1, -0.05) is 142 Å². The molecule has 0 aliphatic carbocycles. The third-order valence-corrected chi connectivity index (χ3v) is 9.48. The van der Waals surface area contributed by atoms with Gasteiger partial charge in [0.15, 0.2) is 0 Å². The van der Waals surface area contributed by atoms with Crippen molar-refractivity contribution in [2.75, 3.05) is 0 Å². The highest BCUT2D eigenvalue weighted by Crippen LogP contribution is 2.28. The van der Waals surface area contributed by atoms with Crippen molar-refractivity contribution >= 4 is 5.97 Å². The van der Waals surface area contributed by atoms with E-state index in [0.29, 0.717) is 0 Å². The van der Waals surface area contributed by atoms with Crippen molar-refractivity contribution in [3.63, 3.8) is 0 Å². The van der Waals surface area contributed by atoms with Crippen molar-refractivity contribution in [3.05, 3.63) is 11.6 Å². The Morgan fingerprint density at radius 2 is 1.02 bits per heavy atom. The van der Waals surface area contributed by atoms with Crippen LogP contribution in [0.1, 0.15) is 187 Å². The molecule has 2 N–H and O–H groups in total. The van der Waals surface area contributed by atoms with Gasteiger partial charge >= 0.3 is 5.97 Å². The van der Waals surface area contributed by atoms with E-state index in [2.05, 4.69) is 6.92 Å². The topological polar surface area (TPSA) is 76.0 Å². The number of esters is 1. The maximum atomic E-state index is 11.6. The zero-order chi connectivity index (χ0) is 30.3. The first-order valence-electron chi connectivity index (χ1n) is 18.4. The predicted molar refractivity (Wildman–Crippen MR) is 175 cm³/mol. The Kier molecular flexibility index (Phi) is 21.7. The molecule has 246 valence electrons. The van der Waals surface area contributed by atoms with Gasteiger partial charge in [-0.15, -0.1) is 0 Å². The Morgan fingerprint density at radius 1 is 0.643 bits per heavy atom.